The Hall–Kier alpha value is -3.78. The lowest BCUT2D eigenvalue weighted by molar-refractivity contribution is -0.131. The number of carbonyl (C=O) groups excluding carboxylic acids is 2. The Kier molecular flexibility index (Phi) is 8.10. The fraction of sp³-hybridized carbons (Fsp3) is 0.357. The third kappa shape index (κ3) is 5.71. The number of ketones is 1. The van der Waals surface area contributed by atoms with E-state index in [1.807, 2.05) is 32.9 Å². The largest absolute Gasteiger partial charge is 0.475 e. The van der Waals surface area contributed by atoms with Crippen LogP contribution in [-0.4, -0.2) is 37.4 Å². The maximum absolute atomic E-state index is 12.5. The number of nitrogens with two attached hydrogens (primary N) is 1. The van der Waals surface area contributed by atoms with E-state index in [0.29, 0.717) is 35.6 Å². The summed E-state index contributed by atoms with van der Waals surface area (Å²) in [6, 6.07) is 13.9. The van der Waals surface area contributed by atoms with Crippen LogP contribution in [0.3, 0.4) is 0 Å². The molecule has 0 bridgehead atoms. The van der Waals surface area contributed by atoms with Gasteiger partial charge in [-0.15, -0.1) is 0 Å². The molecule has 8 nitrogen and oxygen atoms in total. The van der Waals surface area contributed by atoms with Crippen molar-refractivity contribution in [3.05, 3.63) is 76.9 Å². The first-order valence-electron chi connectivity index (χ1n) is 12.0. The molecule has 8 heteroatoms. The van der Waals surface area contributed by atoms with E-state index >= 15 is 0 Å². The number of imidazole rings is 1. The van der Waals surface area contributed by atoms with Crippen molar-refractivity contribution in [3.63, 3.8) is 0 Å². The van der Waals surface area contributed by atoms with Crippen LogP contribution in [-0.2, 0) is 17.8 Å². The molecule has 0 spiro atoms. The number of hydrogen-bond donors (Lipinski definition) is 3. The van der Waals surface area contributed by atoms with Crippen LogP contribution >= 0.6 is 0 Å². The van der Waals surface area contributed by atoms with Gasteiger partial charge in [0.05, 0.1) is 0 Å². The molecule has 190 valence electrons. The topological polar surface area (TPSA) is 136 Å². The summed E-state index contributed by atoms with van der Waals surface area (Å²) >= 11 is 0. The number of primary amides is 1. The van der Waals surface area contributed by atoms with Crippen LogP contribution in [0.5, 0.6) is 0 Å². The van der Waals surface area contributed by atoms with Gasteiger partial charge in [0.1, 0.15) is 23.3 Å². The van der Waals surface area contributed by atoms with Gasteiger partial charge in [0.2, 0.25) is 0 Å². The maximum atomic E-state index is 12.5. The first-order valence-corrected chi connectivity index (χ1v) is 12.0. The number of hydrogen-bond acceptors (Lipinski definition) is 5. The van der Waals surface area contributed by atoms with E-state index in [2.05, 4.69) is 11.9 Å². The number of Topliss-reactive ketones (excluding diaryl/α,β-unsaturated/α-hetero) is 1. The van der Waals surface area contributed by atoms with E-state index < -0.39 is 29.2 Å². The van der Waals surface area contributed by atoms with Crippen LogP contribution in [0.1, 0.15) is 84.6 Å². The van der Waals surface area contributed by atoms with Crippen molar-refractivity contribution in [2.24, 2.45) is 11.1 Å². The highest BCUT2D eigenvalue weighted by Gasteiger charge is 2.32. The highest BCUT2D eigenvalue weighted by Crippen LogP contribution is 2.35. The summed E-state index contributed by atoms with van der Waals surface area (Å²) in [5, 5.41) is 20.1. The van der Waals surface area contributed by atoms with Crippen LogP contribution in [0.15, 0.2) is 48.5 Å². The van der Waals surface area contributed by atoms with Gasteiger partial charge in [-0.05, 0) is 28.5 Å². The maximum Gasteiger partial charge on any atom is 0.377 e. The molecule has 0 aliphatic heterocycles. The van der Waals surface area contributed by atoms with Crippen molar-refractivity contribution in [2.75, 3.05) is 0 Å². The van der Waals surface area contributed by atoms with Gasteiger partial charge in [0.25, 0.3) is 11.7 Å². The van der Waals surface area contributed by atoms with Crippen molar-refractivity contribution >= 4 is 17.7 Å². The lowest BCUT2D eigenvalue weighted by atomic mass is 9.86. The molecule has 0 radical (unpaired) electrons. The first-order chi connectivity index (χ1) is 17.0. The number of amides is 1. The molecule has 1 unspecified atom stereocenters. The van der Waals surface area contributed by atoms with E-state index in [0.717, 1.165) is 18.4 Å². The zero-order valence-corrected chi connectivity index (χ0v) is 21.1. The molecule has 0 saturated carbocycles. The van der Waals surface area contributed by atoms with E-state index in [1.54, 1.807) is 34.9 Å². The third-order valence-corrected chi connectivity index (χ3v) is 6.11. The smallest absolute Gasteiger partial charge is 0.377 e. The number of rotatable bonds is 10. The van der Waals surface area contributed by atoms with Gasteiger partial charge in [0, 0.05) is 18.5 Å². The van der Waals surface area contributed by atoms with Crippen LogP contribution in [0.25, 0.3) is 11.1 Å². The number of aryl methyl sites for hydroxylation is 1. The minimum absolute atomic E-state index is 0.117. The van der Waals surface area contributed by atoms with Crippen LogP contribution < -0.4 is 5.73 Å². The molecule has 0 saturated heterocycles. The van der Waals surface area contributed by atoms with Gasteiger partial charge in [-0.3, -0.25) is 9.59 Å². The first kappa shape index (κ1) is 26.8. The number of aromatic nitrogens is 2. The summed E-state index contributed by atoms with van der Waals surface area (Å²) in [7, 11) is 0. The van der Waals surface area contributed by atoms with Gasteiger partial charge in [0.15, 0.2) is 0 Å². The van der Waals surface area contributed by atoms with Crippen molar-refractivity contribution in [1.29, 1.82) is 0 Å². The fourth-order valence-corrected chi connectivity index (χ4v) is 4.10. The number of carboxylic acids is 1. The Morgan fingerprint density at radius 1 is 1.06 bits per heavy atom. The highest BCUT2D eigenvalue weighted by molar-refractivity contribution is 6.41. The van der Waals surface area contributed by atoms with E-state index in [9.17, 15) is 19.5 Å². The van der Waals surface area contributed by atoms with E-state index in [4.69, 9.17) is 10.8 Å². The molecule has 2 aromatic carbocycles. The number of unbranched alkanes of at least 4 members (excludes halogenated alkanes) is 1. The zero-order chi connectivity index (χ0) is 26.6. The number of nitrogens with zero attached hydrogens (tertiary/aromatic N) is 2. The minimum Gasteiger partial charge on any atom is -0.475 e. The summed E-state index contributed by atoms with van der Waals surface area (Å²) in [4.78, 5) is 40.5. The second-order valence-corrected chi connectivity index (χ2v) is 9.96. The second kappa shape index (κ2) is 10.9. The van der Waals surface area contributed by atoms with Crippen LogP contribution in [0.2, 0.25) is 0 Å². The molecule has 1 aromatic heterocycles. The number of benzene rings is 2. The Morgan fingerprint density at radius 2 is 1.69 bits per heavy atom. The lowest BCUT2D eigenvalue weighted by Gasteiger charge is -2.25. The molecule has 0 fully saturated rings. The number of carboxylic acid groups (broad SMARTS) is 1. The number of carbonyl (C=O) groups is 3. The predicted octanol–water partition coefficient (Wildman–Crippen LogP) is 4.39. The summed E-state index contributed by atoms with van der Waals surface area (Å²) in [6.07, 6.45) is 1.48. The van der Waals surface area contributed by atoms with Gasteiger partial charge in [-0.1, -0.05) is 82.6 Å². The molecule has 0 aliphatic rings. The van der Waals surface area contributed by atoms with Crippen LogP contribution in [0, 0.1) is 5.41 Å². The molecule has 0 aliphatic carbocycles. The number of aliphatic hydroxyl groups excluding tert-OH is 1. The predicted molar refractivity (Wildman–Crippen MR) is 137 cm³/mol. The third-order valence-electron chi connectivity index (χ3n) is 6.11. The minimum atomic E-state index is -1.51. The van der Waals surface area contributed by atoms with E-state index in [-0.39, 0.29) is 11.3 Å². The number of aliphatic hydroxyl groups is 1. The lowest BCUT2D eigenvalue weighted by Crippen LogP contribution is -2.25. The Labute approximate surface area is 210 Å². The van der Waals surface area contributed by atoms with Gasteiger partial charge < -0.3 is 20.5 Å². The second-order valence-electron chi connectivity index (χ2n) is 9.96. The molecule has 3 rings (SSSR count). The average molecular weight is 492 g/mol. The van der Waals surface area contributed by atoms with Gasteiger partial charge >= 0.3 is 5.97 Å². The fourth-order valence-electron chi connectivity index (χ4n) is 4.10. The molecule has 1 heterocycles. The number of aliphatic carboxylic acids is 1. The SMILES string of the molecule is CCCCc1nc(C(O)C(C)(C)C)c(C(N)=O)n1Cc1ccc(-c2ccccc2C(=O)C(=O)O)cc1. The van der Waals surface area contributed by atoms with Crippen molar-refractivity contribution in [3.8, 4) is 11.1 Å². The molecular weight excluding hydrogens is 458 g/mol. The zero-order valence-electron chi connectivity index (χ0n) is 21.1. The Balaban J connectivity index is 2.02. The average Bonchev–Trinajstić information content (AvgIpc) is 3.19. The molecule has 1 amide bonds. The summed E-state index contributed by atoms with van der Waals surface area (Å²) in [6.45, 7) is 8.01. The summed E-state index contributed by atoms with van der Waals surface area (Å²) < 4.78 is 1.78. The van der Waals surface area contributed by atoms with Crippen molar-refractivity contribution in [1.82, 2.24) is 9.55 Å². The van der Waals surface area contributed by atoms with Crippen molar-refractivity contribution in [2.45, 2.75) is 59.6 Å². The molecule has 4 N–H and O–H groups in total. The molecule has 1 atom stereocenters. The molecular formula is C28H33N3O5. The normalized spacial score (nSPS) is 12.4. The monoisotopic (exact) mass is 491 g/mol. The molecule has 3 aromatic rings. The highest BCUT2D eigenvalue weighted by atomic mass is 16.4. The van der Waals surface area contributed by atoms with Gasteiger partial charge in [-0.2, -0.15) is 0 Å². The van der Waals surface area contributed by atoms with Gasteiger partial charge in [-0.25, -0.2) is 9.78 Å². The van der Waals surface area contributed by atoms with E-state index in [1.165, 1.54) is 6.07 Å². The standard InChI is InChI=1S/C28H33N3O5/c1-5-6-11-21-30-22(25(33)28(2,3)4)23(26(29)34)31(21)16-17-12-14-18(15-13-17)19-9-7-8-10-20(19)24(32)27(35)36/h7-10,12-15,25,33H,5-6,11,16H2,1-4H3,(H2,29,34)(H,35,36). The Bertz CT molecular complexity index is 1270. The quantitative estimate of drug-likeness (QED) is 0.284. The Morgan fingerprint density at radius 3 is 2.25 bits per heavy atom. The molecule has 36 heavy (non-hydrogen) atoms. The van der Waals surface area contributed by atoms with Crippen LogP contribution in [0.4, 0.5) is 0 Å². The summed E-state index contributed by atoms with van der Waals surface area (Å²) in [5.74, 6) is -2.44. The summed E-state index contributed by atoms with van der Waals surface area (Å²) in [5.41, 5.74) is 7.92. The van der Waals surface area contributed by atoms with Crippen molar-refractivity contribution < 1.29 is 24.6 Å².